The predicted octanol–water partition coefficient (Wildman–Crippen LogP) is 4.72. The number of aromatic nitrogens is 2. The first-order valence-corrected chi connectivity index (χ1v) is 12.3. The van der Waals surface area contributed by atoms with Gasteiger partial charge in [0.15, 0.2) is 5.69 Å². The second-order valence-corrected chi connectivity index (χ2v) is 9.24. The van der Waals surface area contributed by atoms with Crippen LogP contribution in [0.25, 0.3) is 0 Å². The zero-order valence-corrected chi connectivity index (χ0v) is 19.8. The lowest BCUT2D eigenvalue weighted by molar-refractivity contribution is -0.126. The number of carbonyl (C=O) groups excluding carboxylic acids is 2. The largest absolute Gasteiger partial charge is 0.351 e. The van der Waals surface area contributed by atoms with E-state index in [1.807, 2.05) is 36.4 Å². The Kier molecular flexibility index (Phi) is 7.83. The molecule has 0 unspecified atom stereocenters. The number of amides is 2. The van der Waals surface area contributed by atoms with Gasteiger partial charge < -0.3 is 10.2 Å². The first-order valence-electron chi connectivity index (χ1n) is 11.6. The van der Waals surface area contributed by atoms with Gasteiger partial charge in [-0.05, 0) is 37.3 Å². The summed E-state index contributed by atoms with van der Waals surface area (Å²) in [5.74, 6) is -0.405. The molecular weight excluding hydrogens is 432 g/mol. The van der Waals surface area contributed by atoms with Gasteiger partial charge in [-0.15, -0.1) is 0 Å². The number of hydrogen-bond acceptors (Lipinski definition) is 5. The van der Waals surface area contributed by atoms with Gasteiger partial charge in [0.25, 0.3) is 5.91 Å². The zero-order valence-electron chi connectivity index (χ0n) is 18.9. The lowest BCUT2D eigenvalue weighted by atomic mass is 9.94. The molecule has 2 aromatic carbocycles. The number of aryl methyl sites for hydroxylation is 1. The highest BCUT2D eigenvalue weighted by molar-refractivity contribution is 6.99. The van der Waals surface area contributed by atoms with Crippen molar-refractivity contribution in [1.29, 1.82) is 0 Å². The molecule has 33 heavy (non-hydrogen) atoms. The molecule has 0 aliphatic heterocycles. The van der Waals surface area contributed by atoms with Crippen molar-refractivity contribution in [3.05, 3.63) is 83.2 Å². The molecule has 1 aliphatic carbocycles. The van der Waals surface area contributed by atoms with Crippen LogP contribution in [0.5, 0.6) is 0 Å². The van der Waals surface area contributed by atoms with E-state index in [2.05, 4.69) is 39.2 Å². The standard InChI is InChI=1S/C26H30N4O2S/c1-19-9-8-10-20(17-19)15-16-30(26(32)23-18-27-33-29-23)24(21-11-4-2-5-12-21)25(31)28-22-13-6-3-7-14-22/h2,4-5,8-12,17-18,22,24H,3,6-7,13-16H2,1H3,(H,28,31)/t24-/m0/s1. The molecule has 6 nitrogen and oxygen atoms in total. The Morgan fingerprint density at radius 1 is 1.09 bits per heavy atom. The third kappa shape index (κ3) is 6.05. The maximum absolute atomic E-state index is 13.7. The number of benzene rings is 2. The number of hydrogen-bond donors (Lipinski definition) is 1. The molecule has 1 fully saturated rings. The van der Waals surface area contributed by atoms with E-state index in [0.717, 1.165) is 48.5 Å². The summed E-state index contributed by atoms with van der Waals surface area (Å²) < 4.78 is 8.17. The van der Waals surface area contributed by atoms with Crippen molar-refractivity contribution in [3.8, 4) is 0 Å². The monoisotopic (exact) mass is 462 g/mol. The Bertz CT molecular complexity index is 1050. The molecule has 1 atom stereocenters. The summed E-state index contributed by atoms with van der Waals surface area (Å²) in [7, 11) is 0. The molecule has 172 valence electrons. The first kappa shape index (κ1) is 23.1. The molecule has 7 heteroatoms. The highest BCUT2D eigenvalue weighted by Gasteiger charge is 2.34. The summed E-state index contributed by atoms with van der Waals surface area (Å²) in [5.41, 5.74) is 3.37. The molecule has 0 saturated heterocycles. The first-order chi connectivity index (χ1) is 16.1. The average Bonchev–Trinajstić information content (AvgIpc) is 3.37. The van der Waals surface area contributed by atoms with Gasteiger partial charge in [0.05, 0.1) is 17.9 Å². The highest BCUT2D eigenvalue weighted by atomic mass is 32.1. The molecule has 0 spiro atoms. The molecule has 3 aromatic rings. The van der Waals surface area contributed by atoms with Crippen molar-refractivity contribution >= 4 is 23.5 Å². The van der Waals surface area contributed by atoms with E-state index in [1.54, 1.807) is 4.90 Å². The normalized spacial score (nSPS) is 15.1. The van der Waals surface area contributed by atoms with Crippen LogP contribution in [-0.4, -0.2) is 38.0 Å². The van der Waals surface area contributed by atoms with Crippen LogP contribution < -0.4 is 5.32 Å². The maximum Gasteiger partial charge on any atom is 0.276 e. The van der Waals surface area contributed by atoms with Crippen molar-refractivity contribution in [3.63, 3.8) is 0 Å². The summed E-state index contributed by atoms with van der Waals surface area (Å²) in [5, 5.41) is 3.24. The fourth-order valence-electron chi connectivity index (χ4n) is 4.51. The average molecular weight is 463 g/mol. The lowest BCUT2D eigenvalue weighted by Crippen LogP contribution is -2.47. The molecule has 1 heterocycles. The zero-order chi connectivity index (χ0) is 23.0. The van der Waals surface area contributed by atoms with Crippen molar-refractivity contribution in [2.45, 2.75) is 57.5 Å². The van der Waals surface area contributed by atoms with Crippen LogP contribution in [0.2, 0.25) is 0 Å². The molecule has 0 radical (unpaired) electrons. The summed E-state index contributed by atoms with van der Waals surface area (Å²) in [6.07, 6.45) is 7.56. The van der Waals surface area contributed by atoms with Crippen LogP contribution in [0, 0.1) is 6.92 Å². The summed E-state index contributed by atoms with van der Waals surface area (Å²) in [6.45, 7) is 2.45. The van der Waals surface area contributed by atoms with Crippen LogP contribution >= 0.6 is 11.7 Å². The van der Waals surface area contributed by atoms with Crippen LogP contribution in [0.15, 0.2) is 60.8 Å². The van der Waals surface area contributed by atoms with E-state index in [4.69, 9.17) is 0 Å². The number of nitrogens with one attached hydrogen (secondary N) is 1. The number of nitrogens with zero attached hydrogens (tertiary/aromatic N) is 3. The minimum atomic E-state index is -0.730. The fourth-order valence-corrected chi connectivity index (χ4v) is 4.91. The van der Waals surface area contributed by atoms with Crippen LogP contribution in [0.4, 0.5) is 0 Å². The van der Waals surface area contributed by atoms with Gasteiger partial charge in [0, 0.05) is 12.6 Å². The van der Waals surface area contributed by atoms with Crippen LogP contribution in [-0.2, 0) is 11.2 Å². The van der Waals surface area contributed by atoms with E-state index in [-0.39, 0.29) is 23.6 Å². The Morgan fingerprint density at radius 2 is 1.88 bits per heavy atom. The van der Waals surface area contributed by atoms with Crippen molar-refractivity contribution < 1.29 is 9.59 Å². The molecule has 1 saturated carbocycles. The molecule has 1 aromatic heterocycles. The van der Waals surface area contributed by atoms with Crippen LogP contribution in [0.3, 0.4) is 0 Å². The summed E-state index contributed by atoms with van der Waals surface area (Å²) in [4.78, 5) is 28.9. The molecule has 4 rings (SSSR count). The Labute approximate surface area is 199 Å². The molecule has 2 amide bonds. The van der Waals surface area contributed by atoms with Gasteiger partial charge in [0.2, 0.25) is 5.91 Å². The highest BCUT2D eigenvalue weighted by Crippen LogP contribution is 2.26. The third-order valence-electron chi connectivity index (χ3n) is 6.19. The smallest absolute Gasteiger partial charge is 0.276 e. The second-order valence-electron chi connectivity index (χ2n) is 8.69. The van der Waals surface area contributed by atoms with Crippen LogP contribution in [0.1, 0.15) is 65.3 Å². The van der Waals surface area contributed by atoms with Gasteiger partial charge in [-0.25, -0.2) is 0 Å². The van der Waals surface area contributed by atoms with E-state index in [1.165, 1.54) is 18.2 Å². The quantitative estimate of drug-likeness (QED) is 0.526. The maximum atomic E-state index is 13.7. The topological polar surface area (TPSA) is 75.2 Å². The summed E-state index contributed by atoms with van der Waals surface area (Å²) >= 11 is 0.998. The fraction of sp³-hybridized carbons (Fsp3) is 0.385. The second kappa shape index (κ2) is 11.2. The minimum Gasteiger partial charge on any atom is -0.351 e. The predicted molar refractivity (Wildman–Crippen MR) is 130 cm³/mol. The minimum absolute atomic E-state index is 0.131. The van der Waals surface area contributed by atoms with Gasteiger partial charge >= 0.3 is 0 Å². The van der Waals surface area contributed by atoms with Gasteiger partial charge in [-0.3, -0.25) is 9.59 Å². The molecule has 0 bridgehead atoms. The number of carbonyl (C=O) groups is 2. The molecular formula is C26H30N4O2S. The van der Waals surface area contributed by atoms with E-state index < -0.39 is 6.04 Å². The summed E-state index contributed by atoms with van der Waals surface area (Å²) in [6, 6.07) is 17.2. The molecule has 1 N–H and O–H groups in total. The Hall–Kier alpha value is -3.06. The van der Waals surface area contributed by atoms with Gasteiger partial charge in [-0.1, -0.05) is 79.4 Å². The molecule has 1 aliphatic rings. The van der Waals surface area contributed by atoms with E-state index in [9.17, 15) is 9.59 Å². The van der Waals surface area contributed by atoms with Gasteiger partial charge in [0.1, 0.15) is 6.04 Å². The van der Waals surface area contributed by atoms with Crippen molar-refractivity contribution in [1.82, 2.24) is 19.0 Å². The Morgan fingerprint density at radius 3 is 2.58 bits per heavy atom. The van der Waals surface area contributed by atoms with Gasteiger partial charge in [-0.2, -0.15) is 8.75 Å². The number of rotatable bonds is 8. The van der Waals surface area contributed by atoms with E-state index in [0.29, 0.717) is 13.0 Å². The van der Waals surface area contributed by atoms with Crippen molar-refractivity contribution in [2.24, 2.45) is 0 Å². The lowest BCUT2D eigenvalue weighted by Gasteiger charge is -2.33. The SMILES string of the molecule is Cc1cccc(CCN(C(=O)c2cnsn2)[C@H](C(=O)NC2CCCCC2)c2ccccc2)c1. The Balaban J connectivity index is 1.65. The van der Waals surface area contributed by atoms with E-state index >= 15 is 0 Å². The van der Waals surface area contributed by atoms with Crippen molar-refractivity contribution in [2.75, 3.05) is 6.54 Å². The third-order valence-corrected chi connectivity index (χ3v) is 6.67.